The molecule has 3 N–H and O–H groups in total. The summed E-state index contributed by atoms with van der Waals surface area (Å²) in [4.78, 5) is 12.0. The Morgan fingerprint density at radius 3 is 2.62 bits per heavy atom. The van der Waals surface area contributed by atoms with Crippen molar-refractivity contribution in [2.45, 2.75) is 37.6 Å². The van der Waals surface area contributed by atoms with Crippen molar-refractivity contribution in [1.29, 1.82) is 0 Å². The molecule has 16 heavy (non-hydrogen) atoms. The van der Waals surface area contributed by atoms with Gasteiger partial charge in [-0.1, -0.05) is 0 Å². The third-order valence-corrected chi connectivity index (χ3v) is 4.44. The summed E-state index contributed by atoms with van der Waals surface area (Å²) in [6, 6.07) is 0. The summed E-state index contributed by atoms with van der Waals surface area (Å²) in [5, 5.41) is 3.05. The second-order valence-corrected chi connectivity index (χ2v) is 5.78. The molecule has 3 rings (SSSR count). The van der Waals surface area contributed by atoms with Gasteiger partial charge in [0.15, 0.2) is 0 Å². The molecular weight excluding hydrogens is 204 g/mol. The van der Waals surface area contributed by atoms with E-state index in [1.54, 1.807) is 0 Å². The van der Waals surface area contributed by atoms with Crippen LogP contribution in [-0.2, 0) is 9.53 Å². The quantitative estimate of drug-likeness (QED) is 0.727. The van der Waals surface area contributed by atoms with Gasteiger partial charge < -0.3 is 15.8 Å². The fraction of sp³-hybridized carbons (Fsp3) is 0.917. The minimum Gasteiger partial charge on any atom is -0.379 e. The number of rotatable bonds is 4. The fourth-order valence-electron chi connectivity index (χ4n) is 2.78. The first-order valence-electron chi connectivity index (χ1n) is 6.30. The summed E-state index contributed by atoms with van der Waals surface area (Å²) >= 11 is 0. The van der Waals surface area contributed by atoms with E-state index in [0.29, 0.717) is 25.0 Å². The van der Waals surface area contributed by atoms with Gasteiger partial charge in [0.1, 0.15) is 5.54 Å². The molecule has 1 aliphatic heterocycles. The molecule has 2 aliphatic carbocycles. The topological polar surface area (TPSA) is 64.4 Å². The van der Waals surface area contributed by atoms with Gasteiger partial charge in [0.2, 0.25) is 5.91 Å². The van der Waals surface area contributed by atoms with Crippen LogP contribution >= 0.6 is 0 Å². The predicted molar refractivity (Wildman–Crippen MR) is 59.8 cm³/mol. The molecule has 4 heteroatoms. The van der Waals surface area contributed by atoms with E-state index >= 15 is 0 Å². The van der Waals surface area contributed by atoms with E-state index in [-0.39, 0.29) is 5.91 Å². The van der Waals surface area contributed by atoms with Gasteiger partial charge in [-0.15, -0.1) is 0 Å². The second kappa shape index (κ2) is 3.44. The number of carbonyl (C=O) groups excluding carboxylic acids is 1. The molecule has 1 unspecified atom stereocenters. The van der Waals surface area contributed by atoms with Crippen LogP contribution in [0, 0.1) is 11.3 Å². The molecule has 1 amide bonds. The Labute approximate surface area is 95.9 Å². The van der Waals surface area contributed by atoms with Crippen molar-refractivity contribution in [3.63, 3.8) is 0 Å². The molecule has 1 atom stereocenters. The van der Waals surface area contributed by atoms with Crippen LogP contribution in [0.5, 0.6) is 0 Å². The summed E-state index contributed by atoms with van der Waals surface area (Å²) in [6.07, 6.45) is 5.92. The standard InChI is InChI=1S/C12H20N2O2/c13-12(5-6-16-8-12)10(15)14-7-11(3-4-11)9-1-2-9/h9H,1-8,13H2,(H,14,15). The van der Waals surface area contributed by atoms with Crippen molar-refractivity contribution in [1.82, 2.24) is 5.32 Å². The lowest BCUT2D eigenvalue weighted by molar-refractivity contribution is -0.126. The Morgan fingerprint density at radius 1 is 1.38 bits per heavy atom. The van der Waals surface area contributed by atoms with Gasteiger partial charge >= 0.3 is 0 Å². The van der Waals surface area contributed by atoms with Crippen molar-refractivity contribution in [2.24, 2.45) is 17.1 Å². The molecule has 3 fully saturated rings. The van der Waals surface area contributed by atoms with E-state index in [9.17, 15) is 4.79 Å². The minimum absolute atomic E-state index is 0.0167. The number of nitrogens with two attached hydrogens (primary N) is 1. The molecule has 2 saturated carbocycles. The first kappa shape index (κ1) is 10.5. The molecule has 0 bridgehead atoms. The van der Waals surface area contributed by atoms with Crippen LogP contribution in [-0.4, -0.2) is 31.2 Å². The van der Waals surface area contributed by atoms with Crippen molar-refractivity contribution in [3.05, 3.63) is 0 Å². The molecule has 0 aromatic rings. The number of carbonyl (C=O) groups is 1. The van der Waals surface area contributed by atoms with Crippen molar-refractivity contribution in [2.75, 3.05) is 19.8 Å². The minimum atomic E-state index is -0.764. The SMILES string of the molecule is NC1(C(=O)NCC2(C3CC3)CC2)CCOC1. The maximum absolute atomic E-state index is 12.0. The Morgan fingerprint density at radius 2 is 2.12 bits per heavy atom. The zero-order chi connectivity index (χ0) is 11.2. The largest absolute Gasteiger partial charge is 0.379 e. The summed E-state index contributed by atoms with van der Waals surface area (Å²) in [7, 11) is 0. The van der Waals surface area contributed by atoms with E-state index in [2.05, 4.69) is 5.32 Å². The lowest BCUT2D eigenvalue weighted by atomic mass is 9.97. The Kier molecular flexibility index (Phi) is 2.27. The van der Waals surface area contributed by atoms with Crippen LogP contribution in [0.3, 0.4) is 0 Å². The number of hydrogen-bond donors (Lipinski definition) is 2. The molecule has 0 radical (unpaired) electrons. The number of hydrogen-bond acceptors (Lipinski definition) is 3. The predicted octanol–water partition coefficient (Wildman–Crippen LogP) is 0.411. The van der Waals surface area contributed by atoms with Gasteiger partial charge in [0.05, 0.1) is 6.61 Å². The first-order valence-corrected chi connectivity index (χ1v) is 6.30. The lowest BCUT2D eigenvalue weighted by Gasteiger charge is -2.23. The van der Waals surface area contributed by atoms with Gasteiger partial charge in [-0.3, -0.25) is 4.79 Å². The summed E-state index contributed by atoms with van der Waals surface area (Å²) < 4.78 is 5.20. The second-order valence-electron chi connectivity index (χ2n) is 5.78. The van der Waals surface area contributed by atoms with Gasteiger partial charge in [-0.2, -0.15) is 0 Å². The van der Waals surface area contributed by atoms with Crippen LogP contribution in [0.15, 0.2) is 0 Å². The monoisotopic (exact) mass is 224 g/mol. The highest BCUT2D eigenvalue weighted by atomic mass is 16.5. The Balaban J connectivity index is 1.53. The van der Waals surface area contributed by atoms with E-state index < -0.39 is 5.54 Å². The van der Waals surface area contributed by atoms with Crippen LogP contribution in [0.1, 0.15) is 32.1 Å². The molecule has 1 saturated heterocycles. The third kappa shape index (κ3) is 1.74. The highest BCUT2D eigenvalue weighted by Crippen LogP contribution is 2.60. The molecular formula is C12H20N2O2. The Hall–Kier alpha value is -0.610. The van der Waals surface area contributed by atoms with E-state index in [1.807, 2.05) is 0 Å². The molecule has 0 aromatic carbocycles. The average Bonchev–Trinajstić information content (AvgIpc) is 3.15. The van der Waals surface area contributed by atoms with Crippen LogP contribution < -0.4 is 11.1 Å². The highest BCUT2D eigenvalue weighted by Gasteiger charge is 2.54. The van der Waals surface area contributed by atoms with Gasteiger partial charge in [-0.05, 0) is 43.4 Å². The number of ether oxygens (including phenoxy) is 1. The highest BCUT2D eigenvalue weighted by molar-refractivity contribution is 5.86. The van der Waals surface area contributed by atoms with Gasteiger partial charge in [0, 0.05) is 13.2 Å². The molecule has 4 nitrogen and oxygen atoms in total. The maximum atomic E-state index is 12.0. The van der Waals surface area contributed by atoms with Crippen molar-refractivity contribution in [3.8, 4) is 0 Å². The van der Waals surface area contributed by atoms with Crippen molar-refractivity contribution < 1.29 is 9.53 Å². The summed E-state index contributed by atoms with van der Waals surface area (Å²) in [5.74, 6) is 0.860. The molecule has 3 aliphatic rings. The van der Waals surface area contributed by atoms with Crippen LogP contribution in [0.4, 0.5) is 0 Å². The smallest absolute Gasteiger partial charge is 0.242 e. The zero-order valence-corrected chi connectivity index (χ0v) is 9.63. The van der Waals surface area contributed by atoms with Gasteiger partial charge in [-0.25, -0.2) is 0 Å². The molecule has 0 spiro atoms. The van der Waals surface area contributed by atoms with E-state index in [4.69, 9.17) is 10.5 Å². The normalized spacial score (nSPS) is 36.1. The zero-order valence-electron chi connectivity index (χ0n) is 9.63. The average molecular weight is 224 g/mol. The van der Waals surface area contributed by atoms with Crippen LogP contribution in [0.25, 0.3) is 0 Å². The number of nitrogens with one attached hydrogen (secondary N) is 1. The van der Waals surface area contributed by atoms with E-state index in [1.165, 1.54) is 25.7 Å². The summed E-state index contributed by atoms with van der Waals surface area (Å²) in [6.45, 7) is 1.81. The molecule has 90 valence electrons. The van der Waals surface area contributed by atoms with Gasteiger partial charge in [0.25, 0.3) is 0 Å². The molecule has 1 heterocycles. The first-order chi connectivity index (χ1) is 7.65. The third-order valence-electron chi connectivity index (χ3n) is 4.44. The Bertz CT molecular complexity index is 302. The molecule has 0 aromatic heterocycles. The lowest BCUT2D eigenvalue weighted by Crippen LogP contribution is -2.55. The maximum Gasteiger partial charge on any atom is 0.242 e. The van der Waals surface area contributed by atoms with E-state index in [0.717, 1.165) is 12.5 Å². The number of amides is 1. The summed E-state index contributed by atoms with van der Waals surface area (Å²) in [5.41, 5.74) is 5.69. The van der Waals surface area contributed by atoms with Crippen LogP contribution in [0.2, 0.25) is 0 Å². The fourth-order valence-corrected chi connectivity index (χ4v) is 2.78. The van der Waals surface area contributed by atoms with Crippen molar-refractivity contribution >= 4 is 5.91 Å².